The van der Waals surface area contributed by atoms with Crippen molar-refractivity contribution < 1.29 is 22.4 Å². The van der Waals surface area contributed by atoms with Crippen molar-refractivity contribution in [1.82, 2.24) is 20.1 Å². The summed E-state index contributed by atoms with van der Waals surface area (Å²) in [5, 5.41) is 15.7. The Morgan fingerprint density at radius 2 is 2.00 bits per heavy atom. The second kappa shape index (κ2) is 9.07. The largest absolute Gasteiger partial charge is 0.417 e. The normalized spacial score (nSPS) is 11.3. The lowest BCUT2D eigenvalue weighted by Crippen LogP contribution is -2.23. The first-order valence-electron chi connectivity index (χ1n) is 9.81. The van der Waals surface area contributed by atoms with Gasteiger partial charge < -0.3 is 5.32 Å². The summed E-state index contributed by atoms with van der Waals surface area (Å²) < 4.78 is 55.6. The summed E-state index contributed by atoms with van der Waals surface area (Å²) in [6, 6.07) is 9.21. The van der Waals surface area contributed by atoms with Crippen LogP contribution in [-0.4, -0.2) is 20.7 Å². The van der Waals surface area contributed by atoms with Crippen molar-refractivity contribution in [2.24, 2.45) is 0 Å². The Labute approximate surface area is 195 Å². The average Bonchev–Trinajstić information content (AvgIpc) is 3.46. The zero-order chi connectivity index (χ0) is 24.5. The minimum atomic E-state index is -4.69. The number of hydrogen-bond donors (Lipinski definition) is 1. The lowest BCUT2D eigenvalue weighted by molar-refractivity contribution is -0.137. The molecule has 0 aliphatic heterocycles. The molecule has 0 spiro atoms. The maximum atomic E-state index is 14.7. The number of nitrogens with one attached hydrogen (secondary N) is 1. The van der Waals surface area contributed by atoms with Crippen LogP contribution in [0.25, 0.3) is 16.8 Å². The van der Waals surface area contributed by atoms with Gasteiger partial charge in [-0.2, -0.15) is 23.5 Å². The number of nitriles is 1. The first-order chi connectivity index (χ1) is 16.2. The average molecular weight is 485 g/mol. The highest BCUT2D eigenvalue weighted by Gasteiger charge is 2.34. The summed E-state index contributed by atoms with van der Waals surface area (Å²) in [5.41, 5.74) is 1.93. The molecular weight excluding hydrogens is 470 g/mol. The molecule has 0 saturated carbocycles. The number of carbonyl (C=O) groups is 1. The summed E-state index contributed by atoms with van der Waals surface area (Å²) in [6.45, 7) is 1.69. The van der Waals surface area contributed by atoms with E-state index >= 15 is 0 Å². The van der Waals surface area contributed by atoms with Crippen LogP contribution in [0.15, 0.2) is 54.3 Å². The highest BCUT2D eigenvalue weighted by atomic mass is 32.1. The van der Waals surface area contributed by atoms with E-state index in [2.05, 4.69) is 15.4 Å². The third-order valence-electron chi connectivity index (χ3n) is 5.05. The van der Waals surface area contributed by atoms with E-state index in [9.17, 15) is 22.4 Å². The Morgan fingerprint density at radius 1 is 1.21 bits per heavy atom. The number of aromatic nitrogens is 3. The Morgan fingerprint density at radius 3 is 2.65 bits per heavy atom. The van der Waals surface area contributed by atoms with E-state index in [1.54, 1.807) is 18.5 Å². The third-order valence-corrected chi connectivity index (χ3v) is 5.98. The number of halogens is 4. The van der Waals surface area contributed by atoms with Gasteiger partial charge in [0.25, 0.3) is 5.91 Å². The van der Waals surface area contributed by atoms with Crippen molar-refractivity contribution in [2.75, 3.05) is 0 Å². The zero-order valence-corrected chi connectivity index (χ0v) is 18.3. The molecule has 0 aliphatic rings. The number of benzene rings is 2. The fourth-order valence-corrected chi connectivity index (χ4v) is 3.98. The van der Waals surface area contributed by atoms with Crippen molar-refractivity contribution in [2.45, 2.75) is 19.6 Å². The Bertz CT molecular complexity index is 1420. The van der Waals surface area contributed by atoms with Crippen LogP contribution >= 0.6 is 11.3 Å². The Balaban J connectivity index is 1.53. The van der Waals surface area contributed by atoms with E-state index in [-0.39, 0.29) is 23.7 Å². The van der Waals surface area contributed by atoms with Crippen LogP contribution in [0.3, 0.4) is 0 Å². The van der Waals surface area contributed by atoms with Gasteiger partial charge in [-0.1, -0.05) is 12.1 Å². The summed E-state index contributed by atoms with van der Waals surface area (Å²) in [5.74, 6) is -0.894. The molecule has 4 aromatic rings. The number of nitrogens with zero attached hydrogens (tertiary/aromatic N) is 4. The molecule has 1 N–H and O–H groups in total. The van der Waals surface area contributed by atoms with Crippen LogP contribution in [0.5, 0.6) is 0 Å². The van der Waals surface area contributed by atoms with Gasteiger partial charge in [-0.15, -0.1) is 11.3 Å². The third kappa shape index (κ3) is 4.67. The molecule has 1 amide bonds. The number of hydrogen-bond acceptors (Lipinski definition) is 5. The maximum Gasteiger partial charge on any atom is 0.417 e. The highest BCUT2D eigenvalue weighted by Crippen LogP contribution is 2.33. The van der Waals surface area contributed by atoms with Gasteiger partial charge in [0.05, 0.1) is 40.3 Å². The molecule has 4 rings (SSSR count). The topological polar surface area (TPSA) is 83.6 Å². The van der Waals surface area contributed by atoms with E-state index < -0.39 is 23.1 Å². The predicted molar refractivity (Wildman–Crippen MR) is 117 cm³/mol. The van der Waals surface area contributed by atoms with Gasteiger partial charge in [-0.05, 0) is 36.8 Å². The second-order valence-corrected chi connectivity index (χ2v) is 8.12. The summed E-state index contributed by atoms with van der Waals surface area (Å²) in [4.78, 5) is 16.7. The lowest BCUT2D eigenvalue weighted by atomic mass is 10.1. The van der Waals surface area contributed by atoms with Crippen molar-refractivity contribution in [3.05, 3.63) is 87.4 Å². The minimum Gasteiger partial charge on any atom is -0.347 e. The quantitative estimate of drug-likeness (QED) is 0.391. The van der Waals surface area contributed by atoms with E-state index in [1.165, 1.54) is 52.7 Å². The first-order valence-corrected chi connectivity index (χ1v) is 10.7. The molecule has 0 bridgehead atoms. The molecule has 2 heterocycles. The van der Waals surface area contributed by atoms with Crippen LogP contribution in [0.4, 0.5) is 17.6 Å². The van der Waals surface area contributed by atoms with Crippen molar-refractivity contribution in [3.8, 4) is 22.9 Å². The molecule has 0 unspecified atom stereocenters. The van der Waals surface area contributed by atoms with Gasteiger partial charge in [0.1, 0.15) is 10.7 Å². The smallest absolute Gasteiger partial charge is 0.347 e. The van der Waals surface area contributed by atoms with Gasteiger partial charge >= 0.3 is 6.18 Å². The van der Waals surface area contributed by atoms with E-state index in [4.69, 9.17) is 5.26 Å². The lowest BCUT2D eigenvalue weighted by Gasteiger charge is -2.10. The number of alkyl halides is 3. The maximum absolute atomic E-state index is 14.7. The Kier molecular flexibility index (Phi) is 6.17. The molecule has 2 aromatic heterocycles. The van der Waals surface area contributed by atoms with Gasteiger partial charge in [-0.3, -0.25) is 4.79 Å². The predicted octanol–water partition coefficient (Wildman–Crippen LogP) is 5.26. The van der Waals surface area contributed by atoms with Gasteiger partial charge in [0, 0.05) is 23.9 Å². The standard InChI is InChI=1S/C23H15F4N5OS/c1-13-21(34-12-30-13)22(33)29-9-16-3-2-14(6-20(16)24)17-10-31-32(11-17)18-5-4-15(8-28)19(7-18)23(25,26)27/h2-7,10-12H,9H2,1H3,(H,29,33). The molecule has 0 fully saturated rings. The monoisotopic (exact) mass is 485 g/mol. The zero-order valence-electron chi connectivity index (χ0n) is 17.5. The summed E-state index contributed by atoms with van der Waals surface area (Å²) in [6.07, 6.45) is -1.83. The molecule has 0 aliphatic carbocycles. The van der Waals surface area contributed by atoms with Crippen LogP contribution in [0, 0.1) is 24.1 Å². The number of thiazole rings is 1. The van der Waals surface area contributed by atoms with Crippen molar-refractivity contribution in [3.63, 3.8) is 0 Å². The Hall–Kier alpha value is -4.04. The van der Waals surface area contributed by atoms with Gasteiger partial charge in [-0.25, -0.2) is 14.1 Å². The molecular formula is C23H15F4N5OS. The number of rotatable bonds is 5. The summed E-state index contributed by atoms with van der Waals surface area (Å²) in [7, 11) is 0. The summed E-state index contributed by atoms with van der Waals surface area (Å²) >= 11 is 1.20. The highest BCUT2D eigenvalue weighted by molar-refractivity contribution is 7.11. The molecule has 0 atom stereocenters. The van der Waals surface area contributed by atoms with Crippen molar-refractivity contribution in [1.29, 1.82) is 5.26 Å². The first kappa shape index (κ1) is 23.1. The fraction of sp³-hybridized carbons (Fsp3) is 0.130. The minimum absolute atomic E-state index is 0.0208. The number of carbonyl (C=O) groups excluding carboxylic acids is 1. The van der Waals surface area contributed by atoms with Crippen molar-refractivity contribution >= 4 is 17.2 Å². The second-order valence-electron chi connectivity index (χ2n) is 7.27. The van der Waals surface area contributed by atoms with Crippen LogP contribution in [0.1, 0.15) is 32.1 Å². The SMILES string of the molecule is Cc1ncsc1C(=O)NCc1ccc(-c2cnn(-c3ccc(C#N)c(C(F)(F)F)c3)c2)cc1F. The van der Waals surface area contributed by atoms with Crippen LogP contribution in [0.2, 0.25) is 0 Å². The van der Waals surface area contributed by atoms with E-state index in [0.717, 1.165) is 12.1 Å². The van der Waals surface area contributed by atoms with Gasteiger partial charge in [0.2, 0.25) is 0 Å². The molecule has 11 heteroatoms. The van der Waals surface area contributed by atoms with E-state index in [0.29, 0.717) is 21.7 Å². The molecule has 0 saturated heterocycles. The fourth-order valence-electron chi connectivity index (χ4n) is 3.27. The molecule has 0 radical (unpaired) electrons. The van der Waals surface area contributed by atoms with Crippen LogP contribution < -0.4 is 5.32 Å². The number of amides is 1. The van der Waals surface area contributed by atoms with Crippen LogP contribution in [-0.2, 0) is 12.7 Å². The molecule has 34 heavy (non-hydrogen) atoms. The molecule has 6 nitrogen and oxygen atoms in total. The van der Waals surface area contributed by atoms with Gasteiger partial charge in [0.15, 0.2) is 0 Å². The van der Waals surface area contributed by atoms with E-state index in [1.807, 2.05) is 0 Å². The number of aryl methyl sites for hydroxylation is 1. The molecule has 2 aromatic carbocycles. The molecule has 172 valence electrons.